The molecule has 1 atom stereocenters. The van der Waals surface area contributed by atoms with E-state index in [0.717, 1.165) is 0 Å². The van der Waals surface area contributed by atoms with Gasteiger partial charge in [-0.3, -0.25) is 0 Å². The van der Waals surface area contributed by atoms with Crippen LogP contribution < -0.4 is 0 Å². The summed E-state index contributed by atoms with van der Waals surface area (Å²) in [4.78, 5) is 11.4. The van der Waals surface area contributed by atoms with Crippen molar-refractivity contribution in [2.75, 3.05) is 6.61 Å². The first-order chi connectivity index (χ1) is 7.99. The fourth-order valence-corrected chi connectivity index (χ4v) is 1.67. The second-order valence-corrected chi connectivity index (χ2v) is 4.08. The van der Waals surface area contributed by atoms with Crippen molar-refractivity contribution in [1.29, 1.82) is 0 Å². The second-order valence-electron chi connectivity index (χ2n) is 3.29. The second kappa shape index (κ2) is 6.05. The van der Waals surface area contributed by atoms with E-state index in [1.165, 1.54) is 0 Å². The van der Waals surface area contributed by atoms with Crippen molar-refractivity contribution in [3.63, 3.8) is 0 Å². The van der Waals surface area contributed by atoms with Gasteiger partial charge in [-0.05, 0) is 13.0 Å². The van der Waals surface area contributed by atoms with Gasteiger partial charge in [-0.2, -0.15) is 0 Å². The van der Waals surface area contributed by atoms with Crippen LogP contribution in [0, 0.1) is 0 Å². The zero-order valence-electron chi connectivity index (χ0n) is 9.24. The van der Waals surface area contributed by atoms with Gasteiger partial charge in [0.05, 0.1) is 22.2 Å². The van der Waals surface area contributed by atoms with Gasteiger partial charge in [0.15, 0.2) is 0 Å². The number of hydrogen-bond acceptors (Lipinski definition) is 3. The molecule has 0 spiro atoms. The van der Waals surface area contributed by atoms with Crippen LogP contribution in [0.25, 0.3) is 0 Å². The molecule has 1 aromatic carbocycles. The Balaban J connectivity index is 2.96. The van der Waals surface area contributed by atoms with E-state index < -0.39 is 12.1 Å². The van der Waals surface area contributed by atoms with Crippen LogP contribution in [0.5, 0.6) is 0 Å². The maximum atomic E-state index is 11.4. The lowest BCUT2D eigenvalue weighted by atomic mass is 10.0. The lowest BCUT2D eigenvalue weighted by Crippen LogP contribution is -2.14. The highest BCUT2D eigenvalue weighted by atomic mass is 35.5. The summed E-state index contributed by atoms with van der Waals surface area (Å²) in [6.07, 6.45) is -1.22. The standard InChI is InChI=1S/C12H12Cl2O3/c1-3-17-12(16)7(2)11(15)8-5-4-6-9(13)10(8)14/h4-6,11,15H,2-3H2,1H3. The number of benzene rings is 1. The highest BCUT2D eigenvalue weighted by molar-refractivity contribution is 6.42. The summed E-state index contributed by atoms with van der Waals surface area (Å²) in [5.74, 6) is -0.656. The molecule has 1 unspecified atom stereocenters. The molecule has 1 rings (SSSR count). The minimum absolute atomic E-state index is 0.0731. The van der Waals surface area contributed by atoms with Gasteiger partial charge in [-0.1, -0.05) is 41.9 Å². The molecule has 1 aromatic rings. The normalized spacial score (nSPS) is 12.0. The number of carbonyl (C=O) groups is 1. The Kier molecular flexibility index (Phi) is 5.00. The highest BCUT2D eigenvalue weighted by Crippen LogP contribution is 2.32. The van der Waals surface area contributed by atoms with Crippen LogP contribution in [0.1, 0.15) is 18.6 Å². The average molecular weight is 275 g/mol. The van der Waals surface area contributed by atoms with Crippen LogP contribution in [0.15, 0.2) is 30.4 Å². The maximum Gasteiger partial charge on any atom is 0.336 e. The zero-order chi connectivity index (χ0) is 13.0. The number of esters is 1. The number of ether oxygens (including phenoxy) is 1. The molecule has 0 fully saturated rings. The first kappa shape index (κ1) is 14.0. The molecule has 0 aromatic heterocycles. The molecule has 92 valence electrons. The molecule has 0 saturated heterocycles. The van der Waals surface area contributed by atoms with E-state index in [-0.39, 0.29) is 17.2 Å². The maximum absolute atomic E-state index is 11.4. The van der Waals surface area contributed by atoms with Gasteiger partial charge in [0, 0.05) is 5.56 Å². The van der Waals surface area contributed by atoms with E-state index in [1.807, 2.05) is 0 Å². The topological polar surface area (TPSA) is 46.5 Å². The third-order valence-corrected chi connectivity index (χ3v) is 2.98. The molecular weight excluding hydrogens is 263 g/mol. The summed E-state index contributed by atoms with van der Waals surface area (Å²) in [6, 6.07) is 4.79. The Hall–Kier alpha value is -1.03. The number of halogens is 2. The van der Waals surface area contributed by atoms with Crippen LogP contribution in [-0.2, 0) is 9.53 Å². The summed E-state index contributed by atoms with van der Waals surface area (Å²) >= 11 is 11.7. The van der Waals surface area contributed by atoms with Crippen molar-refractivity contribution in [2.45, 2.75) is 13.0 Å². The Morgan fingerprint density at radius 1 is 1.53 bits per heavy atom. The predicted octanol–water partition coefficient (Wildman–Crippen LogP) is 3.15. The molecule has 0 aliphatic heterocycles. The van der Waals surface area contributed by atoms with Crippen molar-refractivity contribution in [1.82, 2.24) is 0 Å². The van der Waals surface area contributed by atoms with Gasteiger partial charge in [-0.25, -0.2) is 4.79 Å². The van der Waals surface area contributed by atoms with Crippen molar-refractivity contribution in [2.24, 2.45) is 0 Å². The van der Waals surface area contributed by atoms with Crippen LogP contribution in [0.4, 0.5) is 0 Å². The summed E-state index contributed by atoms with van der Waals surface area (Å²) in [5, 5.41) is 10.5. The molecule has 1 N–H and O–H groups in total. The smallest absolute Gasteiger partial charge is 0.336 e. The highest BCUT2D eigenvalue weighted by Gasteiger charge is 2.22. The van der Waals surface area contributed by atoms with Gasteiger partial charge in [0.2, 0.25) is 0 Å². The third-order valence-electron chi connectivity index (χ3n) is 2.14. The molecule has 0 aliphatic carbocycles. The SMILES string of the molecule is C=C(C(=O)OCC)C(O)c1cccc(Cl)c1Cl. The molecular formula is C12H12Cl2O3. The van der Waals surface area contributed by atoms with E-state index in [2.05, 4.69) is 6.58 Å². The molecule has 0 heterocycles. The largest absolute Gasteiger partial charge is 0.463 e. The molecule has 0 aliphatic rings. The Bertz CT molecular complexity index is 443. The fraction of sp³-hybridized carbons (Fsp3) is 0.250. The molecule has 0 saturated carbocycles. The van der Waals surface area contributed by atoms with Gasteiger partial charge in [0.25, 0.3) is 0 Å². The minimum atomic E-state index is -1.22. The van der Waals surface area contributed by atoms with Gasteiger partial charge < -0.3 is 9.84 Å². The van der Waals surface area contributed by atoms with Crippen LogP contribution >= 0.6 is 23.2 Å². The van der Waals surface area contributed by atoms with E-state index in [1.54, 1.807) is 25.1 Å². The van der Waals surface area contributed by atoms with Crippen LogP contribution in [0.2, 0.25) is 10.0 Å². The lowest BCUT2D eigenvalue weighted by Gasteiger charge is -2.14. The van der Waals surface area contributed by atoms with Gasteiger partial charge in [0.1, 0.15) is 6.10 Å². The van der Waals surface area contributed by atoms with Crippen molar-refractivity contribution < 1.29 is 14.6 Å². The summed E-state index contributed by atoms with van der Waals surface area (Å²) in [5.41, 5.74) is 0.258. The Labute approximate surface area is 110 Å². The summed E-state index contributed by atoms with van der Waals surface area (Å²) in [6.45, 7) is 5.38. The van der Waals surface area contributed by atoms with E-state index in [4.69, 9.17) is 27.9 Å². The predicted molar refractivity (Wildman–Crippen MR) is 67.2 cm³/mol. The van der Waals surface area contributed by atoms with Crippen molar-refractivity contribution >= 4 is 29.2 Å². The first-order valence-electron chi connectivity index (χ1n) is 4.97. The molecule has 17 heavy (non-hydrogen) atoms. The summed E-state index contributed by atoms with van der Waals surface area (Å²) in [7, 11) is 0. The third kappa shape index (κ3) is 3.22. The van der Waals surface area contributed by atoms with Gasteiger partial charge >= 0.3 is 5.97 Å². The van der Waals surface area contributed by atoms with Gasteiger partial charge in [-0.15, -0.1) is 0 Å². The number of rotatable bonds is 4. The van der Waals surface area contributed by atoms with Crippen molar-refractivity contribution in [3.05, 3.63) is 46.0 Å². The van der Waals surface area contributed by atoms with E-state index in [0.29, 0.717) is 10.6 Å². The Morgan fingerprint density at radius 3 is 2.76 bits per heavy atom. The number of hydrogen-bond donors (Lipinski definition) is 1. The molecule has 3 nitrogen and oxygen atoms in total. The molecule has 0 bridgehead atoms. The fourth-order valence-electron chi connectivity index (χ4n) is 1.25. The molecule has 5 heteroatoms. The lowest BCUT2D eigenvalue weighted by molar-refractivity contribution is -0.139. The number of aliphatic hydroxyl groups excluding tert-OH is 1. The average Bonchev–Trinajstić information content (AvgIpc) is 2.31. The zero-order valence-corrected chi connectivity index (χ0v) is 10.8. The van der Waals surface area contributed by atoms with E-state index >= 15 is 0 Å². The minimum Gasteiger partial charge on any atom is -0.463 e. The number of carbonyl (C=O) groups excluding carboxylic acids is 1. The van der Waals surface area contributed by atoms with Crippen molar-refractivity contribution in [3.8, 4) is 0 Å². The summed E-state index contributed by atoms with van der Waals surface area (Å²) < 4.78 is 4.74. The molecule has 0 amide bonds. The van der Waals surface area contributed by atoms with Crippen LogP contribution in [-0.4, -0.2) is 17.7 Å². The van der Waals surface area contributed by atoms with E-state index in [9.17, 15) is 9.90 Å². The quantitative estimate of drug-likeness (QED) is 0.678. The number of aliphatic hydroxyl groups is 1. The Morgan fingerprint density at radius 2 is 2.18 bits per heavy atom. The van der Waals surface area contributed by atoms with Crippen LogP contribution in [0.3, 0.4) is 0 Å². The molecule has 0 radical (unpaired) electrons. The first-order valence-corrected chi connectivity index (χ1v) is 5.72. The monoisotopic (exact) mass is 274 g/mol.